The monoisotopic (exact) mass is 593 g/mol. The fourth-order valence-electron chi connectivity index (χ4n) is 4.48. The Hall–Kier alpha value is -4.34. The number of aromatic nitrogens is 1. The first-order chi connectivity index (χ1) is 20.1. The highest BCUT2D eigenvalue weighted by molar-refractivity contribution is 5.91. The summed E-state index contributed by atoms with van der Waals surface area (Å²) in [7, 11) is 1.91. The molecular weight excluding hydrogens is 550 g/mol. The van der Waals surface area contributed by atoms with Crippen LogP contribution in [0.2, 0.25) is 0 Å². The Morgan fingerprint density at radius 3 is 2.09 bits per heavy atom. The van der Waals surface area contributed by atoms with E-state index in [0.717, 1.165) is 22.0 Å². The molecule has 0 saturated heterocycles. The van der Waals surface area contributed by atoms with Crippen LogP contribution in [0, 0.1) is 0 Å². The lowest BCUT2D eigenvalue weighted by Gasteiger charge is -2.25. The maximum atomic E-state index is 13.6. The molecule has 0 spiro atoms. The Balaban J connectivity index is 1.84. The van der Waals surface area contributed by atoms with Gasteiger partial charge in [-0.1, -0.05) is 48.5 Å². The van der Waals surface area contributed by atoms with Crippen LogP contribution >= 0.6 is 0 Å². The first kappa shape index (κ1) is 33.2. The van der Waals surface area contributed by atoms with Crippen LogP contribution < -0.4 is 10.6 Å². The third kappa shape index (κ3) is 10.8. The van der Waals surface area contributed by atoms with Gasteiger partial charge in [-0.25, -0.2) is 9.59 Å². The zero-order chi connectivity index (χ0) is 31.8. The van der Waals surface area contributed by atoms with Crippen LogP contribution in [0.5, 0.6) is 0 Å². The van der Waals surface area contributed by atoms with Crippen molar-refractivity contribution in [1.82, 2.24) is 15.2 Å². The molecule has 0 saturated carbocycles. The summed E-state index contributed by atoms with van der Waals surface area (Å²) in [6.07, 6.45) is 1.02. The normalized spacial score (nSPS) is 13.1. The maximum Gasteiger partial charge on any atom is 0.408 e. The second kappa shape index (κ2) is 14.2. The van der Waals surface area contributed by atoms with Gasteiger partial charge in [0.15, 0.2) is 0 Å². The molecule has 10 heteroatoms. The van der Waals surface area contributed by atoms with E-state index in [0.29, 0.717) is 0 Å². The van der Waals surface area contributed by atoms with E-state index in [1.54, 1.807) is 41.5 Å². The van der Waals surface area contributed by atoms with Gasteiger partial charge >= 0.3 is 18.0 Å². The fraction of sp³-hybridized carbons (Fsp3) is 0.455. The number of rotatable bonds is 11. The average Bonchev–Trinajstić information content (AvgIpc) is 3.22. The Labute approximate surface area is 253 Å². The number of esters is 2. The molecule has 3 rings (SSSR count). The largest absolute Gasteiger partial charge is 0.460 e. The van der Waals surface area contributed by atoms with Crippen LogP contribution in [0.3, 0.4) is 0 Å². The van der Waals surface area contributed by atoms with E-state index in [1.165, 1.54) is 0 Å². The summed E-state index contributed by atoms with van der Waals surface area (Å²) in [4.78, 5) is 52.2. The molecule has 43 heavy (non-hydrogen) atoms. The summed E-state index contributed by atoms with van der Waals surface area (Å²) in [6.45, 7) is 10.4. The summed E-state index contributed by atoms with van der Waals surface area (Å²) in [5.74, 6) is -1.81. The van der Waals surface area contributed by atoms with Crippen molar-refractivity contribution in [3.05, 3.63) is 71.9 Å². The van der Waals surface area contributed by atoms with E-state index in [9.17, 15) is 19.2 Å². The molecule has 3 aromatic rings. The van der Waals surface area contributed by atoms with Crippen LogP contribution in [-0.4, -0.2) is 51.8 Å². The van der Waals surface area contributed by atoms with Gasteiger partial charge in [0.1, 0.15) is 29.9 Å². The number of ether oxygens (including phenoxy) is 3. The van der Waals surface area contributed by atoms with Gasteiger partial charge in [0.25, 0.3) is 0 Å². The molecule has 10 nitrogen and oxygen atoms in total. The molecule has 1 aromatic heterocycles. The topological polar surface area (TPSA) is 125 Å². The third-order valence-electron chi connectivity index (χ3n) is 6.29. The van der Waals surface area contributed by atoms with E-state index >= 15 is 0 Å². The van der Waals surface area contributed by atoms with Crippen LogP contribution in [0.15, 0.2) is 60.8 Å². The number of hydrogen-bond acceptors (Lipinski definition) is 7. The fourth-order valence-corrected chi connectivity index (χ4v) is 4.48. The number of fused-ring (bicyclic) bond motifs is 1. The first-order valence-electron chi connectivity index (χ1n) is 14.4. The standard InChI is InChI=1S/C33H43N3O7/c1-32(2,3)42-28(37)18-17-25(35-31(40)43-33(4,5)6)29(38)34-26(30(39)41-21-22-13-9-8-10-14-22)19-23-20-36(7)27-16-12-11-15-24(23)27/h8-16,20,25-26H,17-19,21H2,1-7H3,(H,34,38)(H,35,40)/t25-,26+/m0/s1. The minimum absolute atomic E-state index is 0.0276. The molecule has 232 valence electrons. The van der Waals surface area contributed by atoms with Crippen LogP contribution in [0.1, 0.15) is 65.5 Å². The van der Waals surface area contributed by atoms with Crippen molar-refractivity contribution in [2.45, 2.75) is 90.7 Å². The minimum Gasteiger partial charge on any atom is -0.460 e. The number of para-hydroxylation sites is 1. The number of nitrogens with zero attached hydrogens (tertiary/aromatic N) is 1. The maximum absolute atomic E-state index is 13.6. The van der Waals surface area contributed by atoms with E-state index in [4.69, 9.17) is 14.2 Å². The van der Waals surface area contributed by atoms with E-state index in [-0.39, 0.29) is 25.9 Å². The number of nitrogens with one attached hydrogen (secondary N) is 2. The van der Waals surface area contributed by atoms with Gasteiger partial charge in [-0.3, -0.25) is 9.59 Å². The third-order valence-corrected chi connectivity index (χ3v) is 6.29. The second-order valence-electron chi connectivity index (χ2n) is 12.5. The zero-order valence-electron chi connectivity index (χ0n) is 26.1. The lowest BCUT2D eigenvalue weighted by atomic mass is 10.0. The van der Waals surface area contributed by atoms with Crippen molar-refractivity contribution in [2.75, 3.05) is 0 Å². The van der Waals surface area contributed by atoms with Crippen molar-refractivity contribution in [3.8, 4) is 0 Å². The highest BCUT2D eigenvalue weighted by atomic mass is 16.6. The summed E-state index contributed by atoms with van der Waals surface area (Å²) in [5, 5.41) is 6.26. The van der Waals surface area contributed by atoms with Gasteiger partial charge in [-0.05, 0) is 65.2 Å². The summed E-state index contributed by atoms with van der Waals surface area (Å²) in [6, 6.07) is 14.7. The highest BCUT2D eigenvalue weighted by Gasteiger charge is 2.31. The number of hydrogen-bond donors (Lipinski definition) is 2. The molecule has 2 N–H and O–H groups in total. The van der Waals surface area contributed by atoms with Crippen LogP contribution in [-0.2, 0) is 48.7 Å². The molecule has 0 aliphatic rings. The minimum atomic E-state index is -1.18. The average molecular weight is 594 g/mol. The lowest BCUT2D eigenvalue weighted by molar-refractivity contribution is -0.155. The van der Waals surface area contributed by atoms with Crippen molar-refractivity contribution < 1.29 is 33.4 Å². The summed E-state index contributed by atoms with van der Waals surface area (Å²) in [5.41, 5.74) is 1.09. The van der Waals surface area contributed by atoms with Gasteiger partial charge in [0.05, 0.1) is 0 Å². The lowest BCUT2D eigenvalue weighted by Crippen LogP contribution is -2.53. The molecule has 0 bridgehead atoms. The molecule has 1 heterocycles. The number of carbonyl (C=O) groups excluding carboxylic acids is 4. The zero-order valence-corrected chi connectivity index (χ0v) is 26.1. The Kier molecular flexibility index (Phi) is 11.0. The smallest absolute Gasteiger partial charge is 0.408 e. The number of amides is 2. The first-order valence-corrected chi connectivity index (χ1v) is 14.4. The van der Waals surface area contributed by atoms with Gasteiger partial charge in [0.2, 0.25) is 5.91 Å². The Morgan fingerprint density at radius 2 is 1.44 bits per heavy atom. The molecule has 2 atom stereocenters. The van der Waals surface area contributed by atoms with Crippen LogP contribution in [0.4, 0.5) is 4.79 Å². The number of aryl methyl sites for hydroxylation is 1. The molecule has 2 amide bonds. The van der Waals surface area contributed by atoms with Crippen molar-refractivity contribution >= 4 is 34.8 Å². The highest BCUT2D eigenvalue weighted by Crippen LogP contribution is 2.22. The van der Waals surface area contributed by atoms with Gasteiger partial charge in [-0.15, -0.1) is 0 Å². The van der Waals surface area contributed by atoms with Gasteiger partial charge < -0.3 is 29.4 Å². The SMILES string of the molecule is Cn1cc(C[C@@H](NC(=O)[C@H](CCC(=O)OC(C)(C)C)NC(=O)OC(C)(C)C)C(=O)OCc2ccccc2)c2ccccc21. The van der Waals surface area contributed by atoms with Crippen LogP contribution in [0.25, 0.3) is 10.9 Å². The summed E-state index contributed by atoms with van der Waals surface area (Å²) < 4.78 is 18.3. The van der Waals surface area contributed by atoms with Crippen molar-refractivity contribution in [2.24, 2.45) is 7.05 Å². The number of carbonyl (C=O) groups is 4. The molecule has 2 aromatic carbocycles. The predicted molar refractivity (Wildman–Crippen MR) is 163 cm³/mol. The van der Waals surface area contributed by atoms with Gasteiger partial charge in [-0.2, -0.15) is 0 Å². The molecule has 0 fully saturated rings. The van der Waals surface area contributed by atoms with Crippen molar-refractivity contribution in [3.63, 3.8) is 0 Å². The molecule has 0 unspecified atom stereocenters. The molecule has 0 aliphatic heterocycles. The molecule has 0 aliphatic carbocycles. The molecular formula is C33H43N3O7. The Bertz CT molecular complexity index is 1420. The van der Waals surface area contributed by atoms with Gasteiger partial charge in [0, 0.05) is 37.0 Å². The van der Waals surface area contributed by atoms with E-state index < -0.39 is 47.2 Å². The second-order valence-corrected chi connectivity index (χ2v) is 12.5. The molecule has 0 radical (unpaired) electrons. The number of alkyl carbamates (subject to hydrolysis) is 1. The predicted octanol–water partition coefficient (Wildman–Crippen LogP) is 4.96. The Morgan fingerprint density at radius 1 is 0.814 bits per heavy atom. The number of benzene rings is 2. The van der Waals surface area contributed by atoms with E-state index in [1.807, 2.05) is 72.4 Å². The van der Waals surface area contributed by atoms with E-state index in [2.05, 4.69) is 10.6 Å². The quantitative estimate of drug-likeness (QED) is 0.238. The van der Waals surface area contributed by atoms with Crippen molar-refractivity contribution in [1.29, 1.82) is 0 Å². The summed E-state index contributed by atoms with van der Waals surface area (Å²) >= 11 is 0.